The molecule has 0 fully saturated rings. The smallest absolute Gasteiger partial charge is 0.153 e. The van der Waals surface area contributed by atoms with Gasteiger partial charge in [0.25, 0.3) is 0 Å². The highest BCUT2D eigenvalue weighted by atomic mass is 16.5. The van der Waals surface area contributed by atoms with Crippen LogP contribution in [0.2, 0.25) is 0 Å². The average molecular weight is 380 g/mol. The number of fused-ring (bicyclic) bond motifs is 1. The van der Waals surface area contributed by atoms with Crippen LogP contribution >= 0.6 is 0 Å². The van der Waals surface area contributed by atoms with E-state index < -0.39 is 0 Å². The summed E-state index contributed by atoms with van der Waals surface area (Å²) in [6.45, 7) is 0. The molecule has 5 aromatic rings. The van der Waals surface area contributed by atoms with E-state index in [1.807, 2.05) is 60.7 Å². The van der Waals surface area contributed by atoms with E-state index in [9.17, 15) is 0 Å². The molecule has 7 heteroatoms. The van der Waals surface area contributed by atoms with Crippen molar-refractivity contribution >= 4 is 16.7 Å². The van der Waals surface area contributed by atoms with Crippen LogP contribution in [-0.2, 0) is 0 Å². The first-order chi connectivity index (χ1) is 14.3. The third-order valence-electron chi connectivity index (χ3n) is 4.49. The zero-order valence-electron chi connectivity index (χ0n) is 15.3. The lowest BCUT2D eigenvalue weighted by molar-refractivity contribution is 0.482. The number of aromatic nitrogens is 5. The number of hydrogen-bond donors (Lipinski definition) is 1. The molecule has 0 saturated heterocycles. The maximum Gasteiger partial charge on any atom is 0.153 e. The summed E-state index contributed by atoms with van der Waals surface area (Å²) < 4.78 is 7.64. The monoisotopic (exact) mass is 380 g/mol. The van der Waals surface area contributed by atoms with Crippen molar-refractivity contribution < 1.29 is 4.74 Å². The van der Waals surface area contributed by atoms with Crippen molar-refractivity contribution in [3.05, 3.63) is 85.5 Å². The third-order valence-corrected chi connectivity index (χ3v) is 4.49. The highest BCUT2D eigenvalue weighted by Gasteiger charge is 2.17. The molecule has 0 aliphatic heterocycles. The Hall–Kier alpha value is -4.26. The van der Waals surface area contributed by atoms with E-state index in [0.717, 1.165) is 28.1 Å². The molecule has 0 aliphatic carbocycles. The van der Waals surface area contributed by atoms with Gasteiger partial charge < -0.3 is 10.5 Å². The number of nitrogens with two attached hydrogens (primary N) is 1. The van der Waals surface area contributed by atoms with Gasteiger partial charge in [-0.15, -0.1) is 5.10 Å². The molecule has 3 heterocycles. The first-order valence-corrected chi connectivity index (χ1v) is 9.02. The number of benzene rings is 2. The minimum atomic E-state index is 0.428. The fourth-order valence-electron chi connectivity index (χ4n) is 3.16. The maximum absolute atomic E-state index is 6.17. The van der Waals surface area contributed by atoms with Crippen molar-refractivity contribution in [2.75, 3.05) is 5.73 Å². The largest absolute Gasteiger partial charge is 0.457 e. The summed E-state index contributed by atoms with van der Waals surface area (Å²) in [4.78, 5) is 13.0. The van der Waals surface area contributed by atoms with E-state index in [4.69, 9.17) is 10.5 Å². The Kier molecular flexibility index (Phi) is 4.10. The molecule has 29 heavy (non-hydrogen) atoms. The van der Waals surface area contributed by atoms with Crippen LogP contribution in [0.4, 0.5) is 5.82 Å². The van der Waals surface area contributed by atoms with Gasteiger partial charge in [0.05, 0.1) is 11.9 Å². The molecule has 2 aromatic carbocycles. The van der Waals surface area contributed by atoms with Crippen molar-refractivity contribution in [2.45, 2.75) is 0 Å². The van der Waals surface area contributed by atoms with Crippen LogP contribution in [0, 0.1) is 0 Å². The second kappa shape index (κ2) is 7.05. The Morgan fingerprint density at radius 1 is 0.793 bits per heavy atom. The molecule has 0 unspecified atom stereocenters. The lowest BCUT2D eigenvalue weighted by atomic mass is 10.2. The summed E-state index contributed by atoms with van der Waals surface area (Å²) in [5, 5.41) is 5.34. The second-order valence-corrected chi connectivity index (χ2v) is 6.35. The fraction of sp³-hybridized carbons (Fsp3) is 0. The van der Waals surface area contributed by atoms with E-state index >= 15 is 0 Å². The fourth-order valence-corrected chi connectivity index (χ4v) is 3.16. The van der Waals surface area contributed by atoms with Gasteiger partial charge >= 0.3 is 0 Å². The Balaban J connectivity index is 1.58. The predicted molar refractivity (Wildman–Crippen MR) is 111 cm³/mol. The second-order valence-electron chi connectivity index (χ2n) is 6.35. The molecular formula is C22H16N6O. The zero-order chi connectivity index (χ0) is 19.6. The number of para-hydroxylation sites is 1. The minimum absolute atomic E-state index is 0.428. The number of rotatable bonds is 4. The highest BCUT2D eigenvalue weighted by molar-refractivity contribution is 5.98. The Bertz CT molecular complexity index is 1270. The van der Waals surface area contributed by atoms with Gasteiger partial charge in [0.15, 0.2) is 5.82 Å². The molecule has 7 nitrogen and oxygen atoms in total. The van der Waals surface area contributed by atoms with Crippen LogP contribution in [0.1, 0.15) is 0 Å². The standard InChI is InChI=1S/C22H16N6O/c23-22-18-10-11-26-20(19-14-24-12-13-25-19)21(18)28(27-22)15-6-8-17(9-7-15)29-16-4-2-1-3-5-16/h1-14H,(H2,23,27). The Morgan fingerprint density at radius 2 is 1.59 bits per heavy atom. The van der Waals surface area contributed by atoms with E-state index in [0.29, 0.717) is 17.2 Å². The molecule has 140 valence electrons. The minimum Gasteiger partial charge on any atom is -0.457 e. The van der Waals surface area contributed by atoms with Gasteiger partial charge in [0.2, 0.25) is 0 Å². The molecule has 0 spiro atoms. The normalized spacial score (nSPS) is 10.9. The van der Waals surface area contributed by atoms with Gasteiger partial charge in [0, 0.05) is 24.0 Å². The number of nitrogen functional groups attached to an aromatic ring is 1. The van der Waals surface area contributed by atoms with Gasteiger partial charge in [-0.25, -0.2) is 4.68 Å². The summed E-state index contributed by atoms with van der Waals surface area (Å²) in [6.07, 6.45) is 6.63. The van der Waals surface area contributed by atoms with Gasteiger partial charge in [-0.3, -0.25) is 15.0 Å². The molecule has 5 rings (SSSR count). The van der Waals surface area contributed by atoms with E-state index in [2.05, 4.69) is 20.1 Å². The highest BCUT2D eigenvalue weighted by Crippen LogP contribution is 2.31. The number of anilines is 1. The molecule has 0 saturated carbocycles. The molecule has 0 aliphatic rings. The quantitative estimate of drug-likeness (QED) is 0.501. The average Bonchev–Trinajstić information content (AvgIpc) is 3.12. The first-order valence-electron chi connectivity index (χ1n) is 9.02. The van der Waals surface area contributed by atoms with Crippen LogP contribution in [-0.4, -0.2) is 24.7 Å². The molecule has 2 N–H and O–H groups in total. The van der Waals surface area contributed by atoms with Crippen molar-refractivity contribution in [1.29, 1.82) is 0 Å². The number of pyridine rings is 1. The molecule has 0 bridgehead atoms. The molecule has 3 aromatic heterocycles. The topological polar surface area (TPSA) is 91.7 Å². The Labute approximate surface area is 166 Å². The van der Waals surface area contributed by atoms with Gasteiger partial charge in [-0.1, -0.05) is 18.2 Å². The summed E-state index contributed by atoms with van der Waals surface area (Å²) in [7, 11) is 0. The number of ether oxygens (including phenoxy) is 1. The van der Waals surface area contributed by atoms with Crippen LogP contribution < -0.4 is 10.5 Å². The molecule has 0 amide bonds. The molecular weight excluding hydrogens is 364 g/mol. The summed E-state index contributed by atoms with van der Waals surface area (Å²) in [5.74, 6) is 1.94. The predicted octanol–water partition coefficient (Wildman–Crippen LogP) is 4.25. The van der Waals surface area contributed by atoms with Gasteiger partial charge in [0.1, 0.15) is 28.4 Å². The van der Waals surface area contributed by atoms with Crippen LogP contribution in [0.25, 0.3) is 28.0 Å². The van der Waals surface area contributed by atoms with E-state index in [1.165, 1.54) is 0 Å². The molecule has 0 atom stereocenters. The van der Waals surface area contributed by atoms with Crippen molar-refractivity contribution in [3.63, 3.8) is 0 Å². The maximum atomic E-state index is 6.17. The SMILES string of the molecule is Nc1nn(-c2ccc(Oc3ccccc3)cc2)c2c(-c3cnccn3)nccc12. The van der Waals surface area contributed by atoms with Gasteiger partial charge in [-0.2, -0.15) is 0 Å². The van der Waals surface area contributed by atoms with Crippen molar-refractivity contribution in [3.8, 4) is 28.6 Å². The van der Waals surface area contributed by atoms with Crippen molar-refractivity contribution in [1.82, 2.24) is 24.7 Å². The summed E-state index contributed by atoms with van der Waals surface area (Å²) in [5.41, 5.74) is 9.12. The lowest BCUT2D eigenvalue weighted by Crippen LogP contribution is -2.00. The van der Waals surface area contributed by atoms with Crippen LogP contribution in [0.5, 0.6) is 11.5 Å². The van der Waals surface area contributed by atoms with Crippen molar-refractivity contribution in [2.24, 2.45) is 0 Å². The van der Waals surface area contributed by atoms with Crippen LogP contribution in [0.15, 0.2) is 85.5 Å². The zero-order valence-corrected chi connectivity index (χ0v) is 15.3. The van der Waals surface area contributed by atoms with E-state index in [1.54, 1.807) is 29.5 Å². The summed E-state index contributed by atoms with van der Waals surface area (Å²) in [6, 6.07) is 19.1. The van der Waals surface area contributed by atoms with E-state index in [-0.39, 0.29) is 0 Å². The summed E-state index contributed by atoms with van der Waals surface area (Å²) >= 11 is 0. The lowest BCUT2D eigenvalue weighted by Gasteiger charge is -2.09. The van der Waals surface area contributed by atoms with Crippen LogP contribution in [0.3, 0.4) is 0 Å². The first kappa shape index (κ1) is 16.9. The third kappa shape index (κ3) is 3.14. The number of hydrogen-bond acceptors (Lipinski definition) is 6. The van der Waals surface area contributed by atoms with Gasteiger partial charge in [-0.05, 0) is 42.5 Å². The molecule has 0 radical (unpaired) electrons. The Morgan fingerprint density at radius 3 is 2.34 bits per heavy atom. The number of nitrogens with zero attached hydrogens (tertiary/aromatic N) is 5.